The molecule has 0 unspecified atom stereocenters. The molecule has 88 valence electrons. The fourth-order valence-corrected chi connectivity index (χ4v) is 1.78. The van der Waals surface area contributed by atoms with E-state index in [4.69, 9.17) is 16.3 Å². The van der Waals surface area contributed by atoms with Crippen molar-refractivity contribution < 1.29 is 4.74 Å². The predicted molar refractivity (Wildman–Crippen MR) is 68.6 cm³/mol. The lowest BCUT2D eigenvalue weighted by atomic mass is 10.1. The summed E-state index contributed by atoms with van der Waals surface area (Å²) in [6, 6.07) is 7.46. The predicted octanol–water partition coefficient (Wildman–Crippen LogP) is 2.85. The highest BCUT2D eigenvalue weighted by atomic mass is 35.5. The van der Waals surface area contributed by atoms with Crippen molar-refractivity contribution in [1.82, 2.24) is 9.97 Å². The number of halogens is 1. The highest BCUT2D eigenvalue weighted by Gasteiger charge is 2.12. The van der Waals surface area contributed by atoms with Crippen molar-refractivity contribution in [2.24, 2.45) is 0 Å². The molecule has 1 heterocycles. The molecule has 2 rings (SSSR count). The monoisotopic (exact) mass is 249 g/mol. The number of nitrogens with zero attached hydrogens (tertiary/aromatic N) is 2. The molecule has 0 atom stereocenters. The number of ether oxygens (including phenoxy) is 1. The molecule has 0 aliphatic rings. The average Bonchev–Trinajstić information content (AvgIpc) is 2.37. The molecule has 5 heteroatoms. The molecule has 17 heavy (non-hydrogen) atoms. The van der Waals surface area contributed by atoms with Crippen LogP contribution in [-0.4, -0.2) is 24.1 Å². The third-order valence-corrected chi connectivity index (χ3v) is 2.58. The summed E-state index contributed by atoms with van der Waals surface area (Å²) in [5.41, 5.74) is 1.61. The van der Waals surface area contributed by atoms with Crippen LogP contribution < -0.4 is 10.1 Å². The van der Waals surface area contributed by atoms with Crippen LogP contribution in [-0.2, 0) is 0 Å². The lowest BCUT2D eigenvalue weighted by Crippen LogP contribution is -2.00. The van der Waals surface area contributed by atoms with Crippen LogP contribution in [0, 0.1) is 0 Å². The molecule has 0 aliphatic heterocycles. The number of aromatic nitrogens is 2. The van der Waals surface area contributed by atoms with Gasteiger partial charge < -0.3 is 10.1 Å². The van der Waals surface area contributed by atoms with Crippen molar-refractivity contribution in [3.63, 3.8) is 0 Å². The Morgan fingerprint density at radius 2 is 2.12 bits per heavy atom. The Labute approximate surface area is 105 Å². The first-order valence-electron chi connectivity index (χ1n) is 5.09. The smallest absolute Gasteiger partial charge is 0.187 e. The molecule has 4 nitrogen and oxygen atoms in total. The van der Waals surface area contributed by atoms with Gasteiger partial charge in [0.15, 0.2) is 11.6 Å². The summed E-state index contributed by atoms with van der Waals surface area (Å²) in [7, 11) is 3.38. The Balaban J connectivity index is 2.59. The van der Waals surface area contributed by atoms with Crippen LogP contribution in [0.3, 0.4) is 0 Å². The van der Waals surface area contributed by atoms with Crippen LogP contribution in [0.1, 0.15) is 0 Å². The summed E-state index contributed by atoms with van der Waals surface area (Å²) in [6.45, 7) is 0. The normalized spacial score (nSPS) is 10.1. The van der Waals surface area contributed by atoms with Crippen molar-refractivity contribution in [3.8, 4) is 17.0 Å². The molecule has 0 saturated heterocycles. The number of hydrogen-bond acceptors (Lipinski definition) is 4. The number of benzene rings is 1. The first-order chi connectivity index (χ1) is 8.26. The van der Waals surface area contributed by atoms with Gasteiger partial charge in [-0.1, -0.05) is 23.7 Å². The van der Waals surface area contributed by atoms with Crippen LogP contribution in [0.4, 0.5) is 5.82 Å². The Kier molecular flexibility index (Phi) is 3.44. The van der Waals surface area contributed by atoms with E-state index in [0.717, 1.165) is 5.56 Å². The maximum Gasteiger partial charge on any atom is 0.187 e. The quantitative estimate of drug-likeness (QED) is 0.909. The van der Waals surface area contributed by atoms with Gasteiger partial charge in [-0.3, -0.25) is 0 Å². The number of rotatable bonds is 3. The second-order valence-electron chi connectivity index (χ2n) is 3.36. The molecule has 0 radical (unpaired) electrons. The van der Waals surface area contributed by atoms with Gasteiger partial charge in [0.2, 0.25) is 0 Å². The zero-order valence-electron chi connectivity index (χ0n) is 9.57. The molecule has 0 bridgehead atoms. The van der Waals surface area contributed by atoms with E-state index >= 15 is 0 Å². The third kappa shape index (κ3) is 2.31. The average molecular weight is 250 g/mol. The summed E-state index contributed by atoms with van der Waals surface area (Å²) in [5, 5.41) is 3.62. The summed E-state index contributed by atoms with van der Waals surface area (Å²) in [4.78, 5) is 8.33. The topological polar surface area (TPSA) is 47.0 Å². The molecule has 0 fully saturated rings. The molecular formula is C12H12ClN3O. The van der Waals surface area contributed by atoms with Gasteiger partial charge in [0.1, 0.15) is 12.0 Å². The maximum absolute atomic E-state index is 5.96. The van der Waals surface area contributed by atoms with Crippen molar-refractivity contribution in [3.05, 3.63) is 35.6 Å². The van der Waals surface area contributed by atoms with Crippen molar-refractivity contribution in [2.45, 2.75) is 0 Å². The van der Waals surface area contributed by atoms with E-state index in [1.54, 1.807) is 14.2 Å². The van der Waals surface area contributed by atoms with Gasteiger partial charge in [-0.15, -0.1) is 0 Å². The summed E-state index contributed by atoms with van der Waals surface area (Å²) >= 11 is 5.96. The second-order valence-corrected chi connectivity index (χ2v) is 3.80. The molecular weight excluding hydrogens is 238 g/mol. The van der Waals surface area contributed by atoms with Gasteiger partial charge in [0, 0.05) is 17.6 Å². The van der Waals surface area contributed by atoms with Crippen LogP contribution in [0.5, 0.6) is 5.75 Å². The van der Waals surface area contributed by atoms with Gasteiger partial charge in [-0.05, 0) is 12.1 Å². The zero-order valence-corrected chi connectivity index (χ0v) is 10.3. The lowest BCUT2D eigenvalue weighted by Gasteiger charge is -2.11. The van der Waals surface area contributed by atoms with Crippen LogP contribution >= 0.6 is 11.6 Å². The SMILES string of the molecule is CNc1ncnc(-c2cccc(Cl)c2)c1OC. The Hall–Kier alpha value is -1.81. The zero-order chi connectivity index (χ0) is 12.3. The highest BCUT2D eigenvalue weighted by molar-refractivity contribution is 6.30. The van der Waals surface area contributed by atoms with Gasteiger partial charge in [-0.25, -0.2) is 9.97 Å². The fraction of sp³-hybridized carbons (Fsp3) is 0.167. The van der Waals surface area contributed by atoms with E-state index in [1.807, 2.05) is 24.3 Å². The summed E-state index contributed by atoms with van der Waals surface area (Å²) in [6.07, 6.45) is 1.49. The van der Waals surface area contributed by atoms with Crippen molar-refractivity contribution in [1.29, 1.82) is 0 Å². The Morgan fingerprint density at radius 3 is 2.76 bits per heavy atom. The van der Waals surface area contributed by atoms with E-state index < -0.39 is 0 Å². The Bertz CT molecular complexity index is 531. The molecule has 1 aromatic carbocycles. The van der Waals surface area contributed by atoms with E-state index in [1.165, 1.54) is 6.33 Å². The van der Waals surface area contributed by atoms with Crippen LogP contribution in [0.2, 0.25) is 5.02 Å². The molecule has 1 aromatic heterocycles. The molecule has 2 aromatic rings. The molecule has 0 spiro atoms. The molecule has 0 saturated carbocycles. The van der Waals surface area contributed by atoms with Gasteiger partial charge in [0.05, 0.1) is 7.11 Å². The summed E-state index contributed by atoms with van der Waals surface area (Å²) in [5.74, 6) is 1.26. The second kappa shape index (κ2) is 5.01. The largest absolute Gasteiger partial charge is 0.491 e. The minimum absolute atomic E-state index is 0.609. The van der Waals surface area contributed by atoms with Gasteiger partial charge in [-0.2, -0.15) is 0 Å². The number of nitrogens with one attached hydrogen (secondary N) is 1. The lowest BCUT2D eigenvalue weighted by molar-refractivity contribution is 0.415. The molecule has 1 N–H and O–H groups in total. The van der Waals surface area contributed by atoms with E-state index in [-0.39, 0.29) is 0 Å². The number of hydrogen-bond donors (Lipinski definition) is 1. The number of anilines is 1. The van der Waals surface area contributed by atoms with E-state index in [0.29, 0.717) is 22.3 Å². The third-order valence-electron chi connectivity index (χ3n) is 2.34. The first-order valence-corrected chi connectivity index (χ1v) is 5.46. The minimum Gasteiger partial charge on any atom is -0.491 e. The first kappa shape index (κ1) is 11.7. The van der Waals surface area contributed by atoms with Crippen molar-refractivity contribution in [2.75, 3.05) is 19.5 Å². The fourth-order valence-electron chi connectivity index (χ4n) is 1.59. The number of methoxy groups -OCH3 is 1. The Morgan fingerprint density at radius 1 is 1.29 bits per heavy atom. The highest BCUT2D eigenvalue weighted by Crippen LogP contribution is 2.33. The molecule has 0 aliphatic carbocycles. The van der Waals surface area contributed by atoms with Crippen LogP contribution in [0.15, 0.2) is 30.6 Å². The van der Waals surface area contributed by atoms with Gasteiger partial charge >= 0.3 is 0 Å². The van der Waals surface area contributed by atoms with Crippen LogP contribution in [0.25, 0.3) is 11.3 Å². The standard InChI is InChI=1S/C12H12ClN3O/c1-14-12-11(17-2)10(15-7-16-12)8-4-3-5-9(13)6-8/h3-7H,1-2H3,(H,14,15,16). The summed E-state index contributed by atoms with van der Waals surface area (Å²) < 4.78 is 5.33. The van der Waals surface area contributed by atoms with E-state index in [2.05, 4.69) is 15.3 Å². The van der Waals surface area contributed by atoms with Crippen molar-refractivity contribution >= 4 is 17.4 Å². The maximum atomic E-state index is 5.96. The molecule has 0 amide bonds. The van der Waals surface area contributed by atoms with Gasteiger partial charge in [0.25, 0.3) is 0 Å². The minimum atomic E-state index is 0.609. The van der Waals surface area contributed by atoms with E-state index in [9.17, 15) is 0 Å².